The fraction of sp³-hybridized carbons (Fsp3) is 0.667. The Morgan fingerprint density at radius 2 is 1.83 bits per heavy atom. The van der Waals surface area contributed by atoms with Crippen molar-refractivity contribution in [3.8, 4) is 0 Å². The zero-order valence-electron chi connectivity index (χ0n) is 6.43. The number of ether oxygens (including phenoxy) is 1. The van der Waals surface area contributed by atoms with Crippen LogP contribution < -0.4 is 0 Å². The van der Waals surface area contributed by atoms with Crippen LogP contribution in [-0.4, -0.2) is 46.1 Å². The number of hydrogen-bond acceptors (Lipinski definition) is 5. The van der Waals surface area contributed by atoms with Gasteiger partial charge in [-0.2, -0.15) is 0 Å². The van der Waals surface area contributed by atoms with Crippen LogP contribution >= 0.6 is 0 Å². The highest BCUT2D eigenvalue weighted by atomic mass is 16.5. The van der Waals surface area contributed by atoms with Crippen LogP contribution in [0.2, 0.25) is 0 Å². The van der Waals surface area contributed by atoms with E-state index in [4.69, 9.17) is 15.3 Å². The SMILES string of the molecule is CCOC(=O)C(O)[C@H](O)C(=O)O. The van der Waals surface area contributed by atoms with Crippen molar-refractivity contribution in [2.75, 3.05) is 6.61 Å². The van der Waals surface area contributed by atoms with Crippen molar-refractivity contribution in [1.29, 1.82) is 0 Å². The number of aliphatic hydroxyl groups is 2. The fourth-order valence-corrected chi connectivity index (χ4v) is 0.492. The largest absolute Gasteiger partial charge is 0.479 e. The number of rotatable bonds is 4. The van der Waals surface area contributed by atoms with Gasteiger partial charge in [-0.1, -0.05) is 0 Å². The van der Waals surface area contributed by atoms with Crippen molar-refractivity contribution < 1.29 is 29.6 Å². The molecule has 12 heavy (non-hydrogen) atoms. The Hall–Kier alpha value is -1.14. The van der Waals surface area contributed by atoms with Crippen LogP contribution in [0.3, 0.4) is 0 Å². The molecule has 6 nitrogen and oxygen atoms in total. The molecule has 2 atom stereocenters. The van der Waals surface area contributed by atoms with Gasteiger partial charge in [-0.25, -0.2) is 9.59 Å². The molecule has 3 N–H and O–H groups in total. The second-order valence-electron chi connectivity index (χ2n) is 1.98. The molecule has 0 saturated heterocycles. The van der Waals surface area contributed by atoms with Crippen molar-refractivity contribution in [2.24, 2.45) is 0 Å². The summed E-state index contributed by atoms with van der Waals surface area (Å²) in [6.45, 7) is 1.51. The van der Waals surface area contributed by atoms with Gasteiger partial charge in [0, 0.05) is 0 Å². The number of carbonyl (C=O) groups is 2. The third kappa shape index (κ3) is 2.85. The maximum Gasteiger partial charge on any atom is 0.338 e. The van der Waals surface area contributed by atoms with Crippen molar-refractivity contribution in [1.82, 2.24) is 0 Å². The summed E-state index contributed by atoms with van der Waals surface area (Å²) in [5, 5.41) is 25.6. The summed E-state index contributed by atoms with van der Waals surface area (Å²) in [4.78, 5) is 20.6. The Bertz CT molecular complexity index is 177. The van der Waals surface area contributed by atoms with E-state index in [1.165, 1.54) is 6.92 Å². The van der Waals surface area contributed by atoms with Gasteiger partial charge in [-0.3, -0.25) is 0 Å². The molecule has 0 radical (unpaired) electrons. The lowest BCUT2D eigenvalue weighted by Crippen LogP contribution is -2.40. The first-order valence-corrected chi connectivity index (χ1v) is 3.26. The zero-order valence-corrected chi connectivity index (χ0v) is 6.43. The van der Waals surface area contributed by atoms with Gasteiger partial charge in [-0.05, 0) is 6.92 Å². The highest BCUT2D eigenvalue weighted by Gasteiger charge is 2.30. The summed E-state index contributed by atoms with van der Waals surface area (Å²) < 4.78 is 4.26. The smallest absolute Gasteiger partial charge is 0.338 e. The summed E-state index contributed by atoms with van der Waals surface area (Å²) >= 11 is 0. The number of esters is 1. The van der Waals surface area contributed by atoms with Gasteiger partial charge in [-0.15, -0.1) is 0 Å². The van der Waals surface area contributed by atoms with Gasteiger partial charge in [0.1, 0.15) is 0 Å². The third-order valence-corrected chi connectivity index (χ3v) is 1.08. The fourth-order valence-electron chi connectivity index (χ4n) is 0.492. The lowest BCUT2D eigenvalue weighted by Gasteiger charge is -2.11. The quantitative estimate of drug-likeness (QED) is 0.446. The second-order valence-corrected chi connectivity index (χ2v) is 1.98. The van der Waals surface area contributed by atoms with E-state index in [9.17, 15) is 9.59 Å². The van der Waals surface area contributed by atoms with Crippen LogP contribution in [0.1, 0.15) is 6.92 Å². The third-order valence-electron chi connectivity index (χ3n) is 1.08. The van der Waals surface area contributed by atoms with E-state index in [0.29, 0.717) is 0 Å². The van der Waals surface area contributed by atoms with Crippen molar-refractivity contribution in [3.05, 3.63) is 0 Å². The molecule has 6 heteroatoms. The first kappa shape index (κ1) is 10.9. The van der Waals surface area contributed by atoms with Crippen LogP contribution in [-0.2, 0) is 14.3 Å². The molecule has 0 aliphatic carbocycles. The molecule has 0 aliphatic rings. The van der Waals surface area contributed by atoms with Gasteiger partial charge in [0.15, 0.2) is 12.2 Å². The zero-order chi connectivity index (χ0) is 9.72. The molecule has 0 rings (SSSR count). The van der Waals surface area contributed by atoms with Crippen LogP contribution in [0.5, 0.6) is 0 Å². The van der Waals surface area contributed by atoms with Gasteiger partial charge < -0.3 is 20.1 Å². The summed E-state index contributed by atoms with van der Waals surface area (Å²) in [5.74, 6) is -2.82. The van der Waals surface area contributed by atoms with E-state index in [1.54, 1.807) is 0 Å². The molecule has 0 bridgehead atoms. The minimum atomic E-state index is -2.14. The van der Waals surface area contributed by atoms with Gasteiger partial charge >= 0.3 is 11.9 Å². The molecule has 0 fully saturated rings. The Balaban J connectivity index is 4.09. The lowest BCUT2D eigenvalue weighted by atomic mass is 10.2. The molecular formula is C6H10O6. The van der Waals surface area contributed by atoms with Crippen LogP contribution in [0, 0.1) is 0 Å². The second kappa shape index (κ2) is 4.68. The van der Waals surface area contributed by atoms with E-state index in [-0.39, 0.29) is 6.61 Å². The molecule has 0 heterocycles. The van der Waals surface area contributed by atoms with Crippen molar-refractivity contribution in [3.63, 3.8) is 0 Å². The summed E-state index contributed by atoms with van der Waals surface area (Å²) in [5.41, 5.74) is 0. The summed E-state index contributed by atoms with van der Waals surface area (Å²) in [6.07, 6.45) is -4.16. The monoisotopic (exact) mass is 178 g/mol. The normalized spacial score (nSPS) is 14.9. The predicted molar refractivity (Wildman–Crippen MR) is 36.3 cm³/mol. The first-order chi connectivity index (χ1) is 5.50. The number of carbonyl (C=O) groups excluding carboxylic acids is 1. The van der Waals surface area contributed by atoms with E-state index in [1.807, 2.05) is 0 Å². The van der Waals surface area contributed by atoms with E-state index in [2.05, 4.69) is 4.74 Å². The highest BCUT2D eigenvalue weighted by molar-refractivity contribution is 5.84. The van der Waals surface area contributed by atoms with Crippen LogP contribution in [0.4, 0.5) is 0 Å². The highest BCUT2D eigenvalue weighted by Crippen LogP contribution is 1.96. The Kier molecular flexibility index (Phi) is 4.24. The van der Waals surface area contributed by atoms with Crippen LogP contribution in [0.15, 0.2) is 0 Å². The predicted octanol–water partition coefficient (Wildman–Crippen LogP) is -1.64. The summed E-state index contributed by atoms with van der Waals surface area (Å²) in [6, 6.07) is 0. The van der Waals surface area contributed by atoms with Gasteiger partial charge in [0.05, 0.1) is 6.61 Å². The molecule has 70 valence electrons. The van der Waals surface area contributed by atoms with E-state index >= 15 is 0 Å². The Labute approximate surface area is 68.4 Å². The van der Waals surface area contributed by atoms with Gasteiger partial charge in [0.25, 0.3) is 0 Å². The molecule has 0 saturated carbocycles. The van der Waals surface area contributed by atoms with Crippen LogP contribution in [0.25, 0.3) is 0 Å². The lowest BCUT2D eigenvalue weighted by molar-refractivity contribution is -0.169. The van der Waals surface area contributed by atoms with Gasteiger partial charge in [0.2, 0.25) is 0 Å². The molecular weight excluding hydrogens is 168 g/mol. The average Bonchev–Trinajstić information content (AvgIpc) is 2.02. The van der Waals surface area contributed by atoms with Crippen molar-refractivity contribution in [2.45, 2.75) is 19.1 Å². The Morgan fingerprint density at radius 3 is 2.17 bits per heavy atom. The van der Waals surface area contributed by atoms with Crippen molar-refractivity contribution >= 4 is 11.9 Å². The van der Waals surface area contributed by atoms with E-state index in [0.717, 1.165) is 0 Å². The number of hydrogen-bond donors (Lipinski definition) is 3. The molecule has 0 aromatic heterocycles. The molecule has 0 aromatic carbocycles. The first-order valence-electron chi connectivity index (χ1n) is 3.26. The maximum atomic E-state index is 10.6. The molecule has 0 spiro atoms. The topological polar surface area (TPSA) is 104 Å². The number of aliphatic hydroxyl groups excluding tert-OH is 2. The standard InChI is InChI=1S/C6H10O6/c1-2-12-6(11)4(8)3(7)5(9)10/h3-4,7-8H,2H2,1H3,(H,9,10)/t3-,4?/m0/s1. The maximum absolute atomic E-state index is 10.6. The minimum Gasteiger partial charge on any atom is -0.479 e. The number of aliphatic carboxylic acids is 1. The minimum absolute atomic E-state index is 0.0161. The summed E-state index contributed by atoms with van der Waals surface area (Å²) in [7, 11) is 0. The van der Waals surface area contributed by atoms with E-state index < -0.39 is 24.1 Å². The number of carboxylic acids is 1. The average molecular weight is 178 g/mol. The molecule has 0 aromatic rings. The number of carboxylic acid groups (broad SMARTS) is 1. The molecule has 1 unspecified atom stereocenters. The molecule has 0 amide bonds. The molecule has 0 aliphatic heterocycles. The Morgan fingerprint density at radius 1 is 1.33 bits per heavy atom.